The lowest BCUT2D eigenvalue weighted by Gasteiger charge is -2.16. The Morgan fingerprint density at radius 2 is 2.00 bits per heavy atom. The molecule has 0 atom stereocenters. The molecule has 1 fully saturated rings. The van der Waals surface area contributed by atoms with Gasteiger partial charge in [-0.1, -0.05) is 0 Å². The standard InChI is InChI=1S/C19H20N2O5/c22-17(13-26-19(24)10-9-16-3-2-12-25-16)20-14-5-7-15(8-6-14)21-11-1-4-18(21)23/h2-3,5-8,12H,1,4,9-11,13H2,(H,20,22). The van der Waals surface area contributed by atoms with Gasteiger partial charge in [-0.3, -0.25) is 14.4 Å². The topological polar surface area (TPSA) is 88.8 Å². The first-order chi connectivity index (χ1) is 12.6. The Morgan fingerprint density at radius 1 is 1.19 bits per heavy atom. The minimum atomic E-state index is -0.459. The fourth-order valence-electron chi connectivity index (χ4n) is 2.74. The van der Waals surface area contributed by atoms with Crippen LogP contribution in [-0.4, -0.2) is 30.9 Å². The summed E-state index contributed by atoms with van der Waals surface area (Å²) >= 11 is 0. The lowest BCUT2D eigenvalue weighted by Crippen LogP contribution is -2.23. The van der Waals surface area contributed by atoms with Crippen molar-refractivity contribution in [2.75, 3.05) is 23.4 Å². The predicted molar refractivity (Wildman–Crippen MR) is 94.6 cm³/mol. The third-order valence-corrected chi connectivity index (χ3v) is 4.06. The number of nitrogens with one attached hydrogen (secondary N) is 1. The van der Waals surface area contributed by atoms with E-state index < -0.39 is 11.9 Å². The van der Waals surface area contributed by atoms with Crippen LogP contribution in [-0.2, 0) is 25.5 Å². The Kier molecular flexibility index (Phi) is 5.68. The van der Waals surface area contributed by atoms with Gasteiger partial charge >= 0.3 is 5.97 Å². The van der Waals surface area contributed by atoms with Crippen molar-refractivity contribution >= 4 is 29.2 Å². The summed E-state index contributed by atoms with van der Waals surface area (Å²) in [6.45, 7) is 0.377. The molecule has 1 N–H and O–H groups in total. The lowest BCUT2D eigenvalue weighted by molar-refractivity contribution is -0.147. The van der Waals surface area contributed by atoms with E-state index in [0.29, 0.717) is 24.3 Å². The molecule has 1 aliphatic rings. The van der Waals surface area contributed by atoms with Crippen molar-refractivity contribution in [1.29, 1.82) is 0 Å². The van der Waals surface area contributed by atoms with Crippen molar-refractivity contribution in [2.24, 2.45) is 0 Å². The second-order valence-electron chi connectivity index (χ2n) is 5.98. The molecular weight excluding hydrogens is 336 g/mol. The molecule has 2 amide bonds. The van der Waals surface area contributed by atoms with E-state index in [1.165, 1.54) is 0 Å². The van der Waals surface area contributed by atoms with Crippen LogP contribution in [0.1, 0.15) is 25.0 Å². The first kappa shape index (κ1) is 17.7. The van der Waals surface area contributed by atoms with E-state index in [2.05, 4.69) is 5.32 Å². The molecule has 26 heavy (non-hydrogen) atoms. The summed E-state index contributed by atoms with van der Waals surface area (Å²) in [5.74, 6) is -0.0630. The van der Waals surface area contributed by atoms with Crippen molar-refractivity contribution in [2.45, 2.75) is 25.7 Å². The molecule has 136 valence electrons. The van der Waals surface area contributed by atoms with Gasteiger partial charge in [-0.25, -0.2) is 0 Å². The number of carbonyl (C=O) groups is 3. The van der Waals surface area contributed by atoms with Crippen LogP contribution in [0.3, 0.4) is 0 Å². The van der Waals surface area contributed by atoms with E-state index in [0.717, 1.165) is 18.7 Å². The van der Waals surface area contributed by atoms with Gasteiger partial charge in [0.1, 0.15) is 5.76 Å². The number of rotatable bonds is 7. The quantitative estimate of drug-likeness (QED) is 0.770. The number of hydrogen-bond donors (Lipinski definition) is 1. The fourth-order valence-corrected chi connectivity index (χ4v) is 2.74. The van der Waals surface area contributed by atoms with E-state index in [4.69, 9.17) is 9.15 Å². The van der Waals surface area contributed by atoms with Crippen LogP contribution in [0.25, 0.3) is 0 Å². The van der Waals surface area contributed by atoms with Gasteiger partial charge in [0.25, 0.3) is 5.91 Å². The van der Waals surface area contributed by atoms with Crippen molar-refractivity contribution in [3.63, 3.8) is 0 Å². The largest absolute Gasteiger partial charge is 0.469 e. The number of hydrogen-bond acceptors (Lipinski definition) is 5. The summed E-state index contributed by atoms with van der Waals surface area (Å²) in [6.07, 6.45) is 3.56. The molecule has 3 rings (SSSR count). The van der Waals surface area contributed by atoms with Gasteiger partial charge in [-0.05, 0) is 42.8 Å². The summed E-state index contributed by atoms with van der Waals surface area (Å²) in [5, 5.41) is 2.66. The minimum Gasteiger partial charge on any atom is -0.469 e. The molecule has 0 aliphatic carbocycles. The first-order valence-electron chi connectivity index (χ1n) is 8.50. The Labute approximate surface area is 150 Å². The zero-order chi connectivity index (χ0) is 18.4. The van der Waals surface area contributed by atoms with Crippen molar-refractivity contribution in [1.82, 2.24) is 0 Å². The molecule has 1 aromatic heterocycles. The molecule has 7 nitrogen and oxygen atoms in total. The van der Waals surface area contributed by atoms with Crippen LogP contribution in [0, 0.1) is 0 Å². The van der Waals surface area contributed by atoms with Crippen LogP contribution < -0.4 is 10.2 Å². The smallest absolute Gasteiger partial charge is 0.306 e. The molecule has 1 aromatic carbocycles. The Hall–Kier alpha value is -3.09. The van der Waals surface area contributed by atoms with Gasteiger partial charge in [-0.15, -0.1) is 0 Å². The number of benzene rings is 1. The first-order valence-corrected chi connectivity index (χ1v) is 8.50. The van der Waals surface area contributed by atoms with Crippen molar-refractivity contribution in [3.8, 4) is 0 Å². The van der Waals surface area contributed by atoms with Crippen molar-refractivity contribution < 1.29 is 23.5 Å². The van der Waals surface area contributed by atoms with E-state index in [1.54, 1.807) is 47.6 Å². The third-order valence-electron chi connectivity index (χ3n) is 4.06. The summed E-state index contributed by atoms with van der Waals surface area (Å²) in [7, 11) is 0. The predicted octanol–water partition coefficient (Wildman–Crippen LogP) is 2.52. The maximum Gasteiger partial charge on any atom is 0.306 e. The molecule has 0 bridgehead atoms. The SMILES string of the molecule is O=C(COC(=O)CCc1ccco1)Nc1ccc(N2CCCC2=O)cc1. The number of carbonyl (C=O) groups excluding carboxylic acids is 3. The molecule has 7 heteroatoms. The zero-order valence-electron chi connectivity index (χ0n) is 14.3. The van der Waals surface area contributed by atoms with Gasteiger partial charge in [0.2, 0.25) is 5.91 Å². The van der Waals surface area contributed by atoms with Gasteiger partial charge in [0.05, 0.1) is 12.7 Å². The van der Waals surface area contributed by atoms with Crippen LogP contribution >= 0.6 is 0 Å². The molecule has 1 aliphatic heterocycles. The average Bonchev–Trinajstić information content (AvgIpc) is 3.30. The van der Waals surface area contributed by atoms with Crippen molar-refractivity contribution in [3.05, 3.63) is 48.4 Å². The van der Waals surface area contributed by atoms with E-state index in [1.807, 2.05) is 0 Å². The monoisotopic (exact) mass is 356 g/mol. The number of esters is 1. The normalized spacial score (nSPS) is 13.7. The van der Waals surface area contributed by atoms with Gasteiger partial charge < -0.3 is 19.4 Å². The Bertz CT molecular complexity index is 768. The molecule has 0 spiro atoms. The van der Waals surface area contributed by atoms with Gasteiger partial charge in [0.15, 0.2) is 6.61 Å². The number of nitrogens with zero attached hydrogens (tertiary/aromatic N) is 1. The maximum absolute atomic E-state index is 11.9. The van der Waals surface area contributed by atoms with E-state index in [-0.39, 0.29) is 18.9 Å². The molecule has 2 aromatic rings. The number of furan rings is 1. The van der Waals surface area contributed by atoms with Gasteiger partial charge in [0, 0.05) is 30.8 Å². The molecule has 1 saturated heterocycles. The molecule has 0 saturated carbocycles. The third kappa shape index (κ3) is 4.72. The Balaban J connectivity index is 1.41. The highest BCUT2D eigenvalue weighted by molar-refractivity contribution is 5.96. The highest BCUT2D eigenvalue weighted by Crippen LogP contribution is 2.22. The minimum absolute atomic E-state index is 0.114. The second kappa shape index (κ2) is 8.33. The molecular formula is C19H20N2O5. The number of ether oxygens (including phenoxy) is 1. The fraction of sp³-hybridized carbons (Fsp3) is 0.316. The maximum atomic E-state index is 11.9. The number of aryl methyl sites for hydroxylation is 1. The average molecular weight is 356 g/mol. The molecule has 0 unspecified atom stereocenters. The van der Waals surface area contributed by atoms with Crippen LogP contribution in [0.2, 0.25) is 0 Å². The number of anilines is 2. The Morgan fingerprint density at radius 3 is 2.65 bits per heavy atom. The summed E-state index contributed by atoms with van der Waals surface area (Å²) in [4.78, 5) is 37.0. The van der Waals surface area contributed by atoms with Crippen LogP contribution in [0.15, 0.2) is 47.1 Å². The van der Waals surface area contributed by atoms with Gasteiger partial charge in [-0.2, -0.15) is 0 Å². The summed E-state index contributed by atoms with van der Waals surface area (Å²) in [6, 6.07) is 10.5. The summed E-state index contributed by atoms with van der Waals surface area (Å²) < 4.78 is 10.1. The highest BCUT2D eigenvalue weighted by Gasteiger charge is 2.21. The van der Waals surface area contributed by atoms with E-state index >= 15 is 0 Å². The van der Waals surface area contributed by atoms with E-state index in [9.17, 15) is 14.4 Å². The second-order valence-corrected chi connectivity index (χ2v) is 5.98. The zero-order valence-corrected chi connectivity index (χ0v) is 14.3. The lowest BCUT2D eigenvalue weighted by atomic mass is 10.2. The molecule has 2 heterocycles. The molecule has 0 radical (unpaired) electrons. The number of amides is 2. The van der Waals surface area contributed by atoms with Crippen LogP contribution in [0.4, 0.5) is 11.4 Å². The summed E-state index contributed by atoms with van der Waals surface area (Å²) in [5.41, 5.74) is 1.40. The highest BCUT2D eigenvalue weighted by atomic mass is 16.5. The van der Waals surface area contributed by atoms with Crippen LogP contribution in [0.5, 0.6) is 0 Å².